The van der Waals surface area contributed by atoms with Crippen molar-refractivity contribution in [3.63, 3.8) is 0 Å². The maximum Gasteiger partial charge on any atom is 0.331 e. The van der Waals surface area contributed by atoms with Crippen LogP contribution in [0.15, 0.2) is 48.5 Å². The van der Waals surface area contributed by atoms with Gasteiger partial charge in [0.1, 0.15) is 11.2 Å². The van der Waals surface area contributed by atoms with Crippen LogP contribution in [0.3, 0.4) is 0 Å². The van der Waals surface area contributed by atoms with Crippen molar-refractivity contribution >= 4 is 35.1 Å². The number of halogens is 2. The van der Waals surface area contributed by atoms with E-state index >= 15 is 0 Å². The summed E-state index contributed by atoms with van der Waals surface area (Å²) in [6.45, 7) is 0. The fraction of sp³-hybridized carbons (Fsp3) is 0.320. The molecule has 1 aliphatic carbocycles. The number of hydrogen-bond acceptors (Lipinski definition) is 5. The molecule has 1 heterocycles. The summed E-state index contributed by atoms with van der Waals surface area (Å²) in [6, 6.07) is 14.3. The van der Waals surface area contributed by atoms with Crippen molar-refractivity contribution in [1.82, 2.24) is 15.1 Å². The number of amides is 1. The Hall–Kier alpha value is -3.03. The number of rotatable bonds is 6. The predicted octanol–water partition coefficient (Wildman–Crippen LogP) is 5.46. The molecule has 1 N–H and O–H groups in total. The Balaban J connectivity index is 1.85. The number of para-hydroxylation sites is 1. The quantitative estimate of drug-likeness (QED) is 0.453. The molecule has 0 unspecified atom stereocenters. The molecule has 0 spiro atoms. The Labute approximate surface area is 208 Å². The molecule has 9 heteroatoms. The number of benzene rings is 2. The van der Waals surface area contributed by atoms with E-state index in [0.717, 1.165) is 24.8 Å². The number of nitrogens with zero attached hydrogens (tertiary/aromatic N) is 2. The molecule has 1 saturated carbocycles. The first-order chi connectivity index (χ1) is 16.4. The van der Waals surface area contributed by atoms with Gasteiger partial charge in [-0.15, -0.1) is 0 Å². The molecule has 1 aliphatic rings. The summed E-state index contributed by atoms with van der Waals surface area (Å²) in [6.07, 6.45) is 3.64. The molecule has 0 aliphatic heterocycles. The van der Waals surface area contributed by atoms with E-state index < -0.39 is 17.4 Å². The number of esters is 1. The van der Waals surface area contributed by atoms with E-state index in [0.29, 0.717) is 34.3 Å². The van der Waals surface area contributed by atoms with E-state index in [1.54, 1.807) is 28.9 Å². The van der Waals surface area contributed by atoms with E-state index in [1.807, 2.05) is 24.3 Å². The van der Waals surface area contributed by atoms with Crippen molar-refractivity contribution in [2.24, 2.45) is 0 Å². The second-order valence-corrected chi connectivity index (χ2v) is 9.03. The average Bonchev–Trinajstić information content (AvgIpc) is 3.24. The SMILES string of the molecule is COC(=O)C1(NC(=O)c2nn(-c3ccccc3Cl)c(-c3ccc(Cl)cc3)c2OC)CCCCC1. The molecule has 0 atom stereocenters. The normalized spacial score (nSPS) is 14.9. The van der Waals surface area contributed by atoms with Crippen molar-refractivity contribution in [3.05, 3.63) is 64.3 Å². The minimum Gasteiger partial charge on any atom is -0.492 e. The van der Waals surface area contributed by atoms with Gasteiger partial charge in [-0.1, -0.05) is 66.7 Å². The molecule has 0 saturated heterocycles. The average molecular weight is 502 g/mol. The molecule has 1 aromatic heterocycles. The molecule has 2 aromatic carbocycles. The molecule has 0 bridgehead atoms. The van der Waals surface area contributed by atoms with Crippen LogP contribution >= 0.6 is 23.2 Å². The standard InChI is InChI=1S/C25H25Cl2N3O4/c1-33-22-20(23(31)28-25(24(32)34-2)14-6-3-7-15-25)29-30(19-9-5-4-8-18(19)27)21(22)16-10-12-17(26)13-11-16/h4-5,8-13H,3,6-7,14-15H2,1-2H3,(H,28,31). The summed E-state index contributed by atoms with van der Waals surface area (Å²) in [7, 11) is 2.80. The molecule has 178 valence electrons. The van der Waals surface area contributed by atoms with Crippen LogP contribution in [0.1, 0.15) is 42.6 Å². The lowest BCUT2D eigenvalue weighted by Crippen LogP contribution is -2.56. The van der Waals surface area contributed by atoms with E-state index in [9.17, 15) is 9.59 Å². The summed E-state index contributed by atoms with van der Waals surface area (Å²) in [5.41, 5.74) is 0.790. The maximum atomic E-state index is 13.6. The molecule has 7 nitrogen and oxygen atoms in total. The Morgan fingerprint density at radius 2 is 1.68 bits per heavy atom. The first-order valence-corrected chi connectivity index (χ1v) is 11.7. The zero-order chi connectivity index (χ0) is 24.3. The summed E-state index contributed by atoms with van der Waals surface area (Å²) < 4.78 is 12.3. The van der Waals surface area contributed by atoms with Crippen LogP contribution in [0.2, 0.25) is 10.0 Å². The van der Waals surface area contributed by atoms with Gasteiger partial charge >= 0.3 is 5.97 Å². The third-order valence-corrected chi connectivity index (χ3v) is 6.67. The van der Waals surface area contributed by atoms with E-state index in [4.69, 9.17) is 32.7 Å². The topological polar surface area (TPSA) is 82.5 Å². The third kappa shape index (κ3) is 4.50. The zero-order valence-electron chi connectivity index (χ0n) is 18.9. The second kappa shape index (κ2) is 10.1. The smallest absolute Gasteiger partial charge is 0.331 e. The summed E-state index contributed by atoms with van der Waals surface area (Å²) in [4.78, 5) is 26.2. The van der Waals surface area contributed by atoms with Gasteiger partial charge in [-0.3, -0.25) is 4.79 Å². The minimum absolute atomic E-state index is 0.0428. The monoisotopic (exact) mass is 501 g/mol. The van der Waals surface area contributed by atoms with Crippen LogP contribution in [-0.4, -0.2) is 41.4 Å². The molecule has 3 aromatic rings. The lowest BCUT2D eigenvalue weighted by Gasteiger charge is -2.34. The van der Waals surface area contributed by atoms with Crippen molar-refractivity contribution in [2.75, 3.05) is 14.2 Å². The highest BCUT2D eigenvalue weighted by Crippen LogP contribution is 2.38. The van der Waals surface area contributed by atoms with Gasteiger partial charge in [0.05, 0.1) is 24.9 Å². The van der Waals surface area contributed by atoms with Crippen molar-refractivity contribution < 1.29 is 19.1 Å². The van der Waals surface area contributed by atoms with E-state index in [-0.39, 0.29) is 11.4 Å². The highest BCUT2D eigenvalue weighted by molar-refractivity contribution is 6.32. The van der Waals surface area contributed by atoms with Crippen LogP contribution in [-0.2, 0) is 9.53 Å². The number of aromatic nitrogens is 2. The van der Waals surface area contributed by atoms with Gasteiger partial charge in [0.15, 0.2) is 11.4 Å². The molecular weight excluding hydrogens is 477 g/mol. The van der Waals surface area contributed by atoms with Crippen LogP contribution < -0.4 is 10.1 Å². The molecule has 4 rings (SSSR count). The Bertz CT molecular complexity index is 1200. The van der Waals surface area contributed by atoms with E-state index in [1.165, 1.54) is 14.2 Å². The van der Waals surface area contributed by atoms with Gasteiger partial charge in [0.25, 0.3) is 5.91 Å². The number of ether oxygens (including phenoxy) is 2. The van der Waals surface area contributed by atoms with Gasteiger partial charge in [-0.05, 0) is 37.1 Å². The highest BCUT2D eigenvalue weighted by Gasteiger charge is 2.43. The Morgan fingerprint density at radius 3 is 2.29 bits per heavy atom. The van der Waals surface area contributed by atoms with Crippen molar-refractivity contribution in [3.8, 4) is 22.7 Å². The number of hydrogen-bond donors (Lipinski definition) is 1. The number of carbonyl (C=O) groups is 2. The van der Waals surface area contributed by atoms with E-state index in [2.05, 4.69) is 10.4 Å². The number of methoxy groups -OCH3 is 2. The number of carbonyl (C=O) groups excluding carboxylic acids is 2. The summed E-state index contributed by atoms with van der Waals surface area (Å²) in [5, 5.41) is 8.54. The number of nitrogens with one attached hydrogen (secondary N) is 1. The second-order valence-electron chi connectivity index (χ2n) is 8.19. The lowest BCUT2D eigenvalue weighted by atomic mass is 9.81. The fourth-order valence-corrected chi connectivity index (χ4v) is 4.75. The summed E-state index contributed by atoms with van der Waals surface area (Å²) >= 11 is 12.6. The van der Waals surface area contributed by atoms with Gasteiger partial charge < -0.3 is 14.8 Å². The highest BCUT2D eigenvalue weighted by atomic mass is 35.5. The van der Waals surface area contributed by atoms with Gasteiger partial charge in [-0.25, -0.2) is 9.48 Å². The lowest BCUT2D eigenvalue weighted by molar-refractivity contribution is -0.149. The van der Waals surface area contributed by atoms with Crippen molar-refractivity contribution in [1.29, 1.82) is 0 Å². The molecular formula is C25H25Cl2N3O4. The first kappa shape index (κ1) is 24.1. The fourth-order valence-electron chi connectivity index (χ4n) is 4.41. The molecule has 1 fully saturated rings. The van der Waals surface area contributed by atoms with Crippen LogP contribution in [0.5, 0.6) is 5.75 Å². The molecule has 1 amide bonds. The Kier molecular flexibility index (Phi) is 7.14. The predicted molar refractivity (Wildman–Crippen MR) is 131 cm³/mol. The third-order valence-electron chi connectivity index (χ3n) is 6.10. The summed E-state index contributed by atoms with van der Waals surface area (Å²) in [5.74, 6) is -0.719. The van der Waals surface area contributed by atoms with Crippen LogP contribution in [0, 0.1) is 0 Å². The van der Waals surface area contributed by atoms with Gasteiger partial charge in [0.2, 0.25) is 0 Å². The first-order valence-electron chi connectivity index (χ1n) is 11.0. The molecule has 0 radical (unpaired) electrons. The van der Waals surface area contributed by atoms with Crippen LogP contribution in [0.4, 0.5) is 0 Å². The van der Waals surface area contributed by atoms with Gasteiger partial charge in [-0.2, -0.15) is 5.10 Å². The molecule has 34 heavy (non-hydrogen) atoms. The largest absolute Gasteiger partial charge is 0.492 e. The van der Waals surface area contributed by atoms with Gasteiger partial charge in [0, 0.05) is 10.6 Å². The Morgan fingerprint density at radius 1 is 1.00 bits per heavy atom. The zero-order valence-corrected chi connectivity index (χ0v) is 20.4. The maximum absolute atomic E-state index is 13.6. The van der Waals surface area contributed by atoms with Crippen molar-refractivity contribution in [2.45, 2.75) is 37.6 Å². The minimum atomic E-state index is -1.09. The van der Waals surface area contributed by atoms with Crippen LogP contribution in [0.25, 0.3) is 16.9 Å².